The van der Waals surface area contributed by atoms with Gasteiger partial charge in [0.15, 0.2) is 0 Å². The highest BCUT2D eigenvalue weighted by molar-refractivity contribution is 6.30. The molecule has 144 valence electrons. The molecule has 6 nitrogen and oxygen atoms in total. The van der Waals surface area contributed by atoms with Crippen LogP contribution in [0.15, 0.2) is 53.3 Å². The summed E-state index contributed by atoms with van der Waals surface area (Å²) in [7, 11) is 4.95. The normalized spacial score (nSPS) is 15.3. The van der Waals surface area contributed by atoms with Gasteiger partial charge in [0.05, 0.1) is 11.3 Å². The molecule has 6 heteroatoms. The number of ketones is 2. The Hall–Kier alpha value is -2.89. The molecule has 27 heavy (non-hydrogen) atoms. The summed E-state index contributed by atoms with van der Waals surface area (Å²) in [5.41, 5.74) is 2.79. The maximum absolute atomic E-state index is 13.3. The Morgan fingerprint density at radius 2 is 1.67 bits per heavy atom. The fourth-order valence-electron chi connectivity index (χ4n) is 3.20. The summed E-state index contributed by atoms with van der Waals surface area (Å²) in [4.78, 5) is 30.4. The summed E-state index contributed by atoms with van der Waals surface area (Å²) in [6.45, 7) is 2.15. The molecule has 2 rings (SSSR count). The Morgan fingerprint density at radius 1 is 1.00 bits per heavy atom. The number of allylic oxidation sites excluding steroid dienone is 3. The number of rotatable bonds is 9. The van der Waals surface area contributed by atoms with Crippen LogP contribution in [0.1, 0.15) is 38.2 Å². The van der Waals surface area contributed by atoms with Crippen LogP contribution in [0, 0.1) is 0 Å². The van der Waals surface area contributed by atoms with Crippen LogP contribution in [0.25, 0.3) is 5.57 Å². The number of carbonyl (C=O) groups excluding carboxylic acids is 2. The highest BCUT2D eigenvalue weighted by atomic mass is 16.1. The monoisotopic (exact) mass is 368 g/mol. The lowest BCUT2D eigenvalue weighted by Crippen LogP contribution is -2.38. The second-order valence-electron chi connectivity index (χ2n) is 6.26. The van der Waals surface area contributed by atoms with E-state index in [2.05, 4.69) is 27.9 Å². The van der Waals surface area contributed by atoms with Crippen LogP contribution in [0.5, 0.6) is 0 Å². The third kappa shape index (κ3) is 4.27. The fraction of sp³-hybridized carbons (Fsp3) is 0.381. The molecule has 3 N–H and O–H groups in total. The van der Waals surface area contributed by atoms with Crippen molar-refractivity contribution in [2.45, 2.75) is 32.6 Å². The first-order valence-electron chi connectivity index (χ1n) is 9.32. The topological polar surface area (TPSA) is 83.1 Å². The van der Waals surface area contributed by atoms with Gasteiger partial charge < -0.3 is 16.0 Å². The van der Waals surface area contributed by atoms with Crippen LogP contribution in [-0.2, 0) is 9.59 Å². The van der Waals surface area contributed by atoms with E-state index in [-0.39, 0.29) is 23.0 Å². The van der Waals surface area contributed by atoms with E-state index >= 15 is 0 Å². The van der Waals surface area contributed by atoms with Gasteiger partial charge in [0.2, 0.25) is 11.6 Å². The molecule has 0 fully saturated rings. The van der Waals surface area contributed by atoms with Gasteiger partial charge in [-0.05, 0) is 24.5 Å². The van der Waals surface area contributed by atoms with Crippen LogP contribution in [0.3, 0.4) is 0 Å². The van der Waals surface area contributed by atoms with Gasteiger partial charge in [0, 0.05) is 39.1 Å². The van der Waals surface area contributed by atoms with Crippen molar-refractivity contribution in [3.05, 3.63) is 58.8 Å². The number of carbonyl (C=O) groups is 2. The molecule has 0 amide bonds. The Kier molecular flexibility index (Phi) is 7.34. The Bertz CT molecular complexity index is 792. The third-order valence-electron chi connectivity index (χ3n) is 4.56. The lowest BCUT2D eigenvalue weighted by Gasteiger charge is -2.25. The molecule has 1 aliphatic carbocycles. The first kappa shape index (κ1) is 20.4. The molecule has 0 atom stereocenters. The molecule has 0 aliphatic heterocycles. The summed E-state index contributed by atoms with van der Waals surface area (Å²) in [5.74, 6) is -0.446. The second-order valence-corrected chi connectivity index (χ2v) is 6.26. The highest BCUT2D eigenvalue weighted by Gasteiger charge is 2.35. The molecular weight excluding hydrogens is 340 g/mol. The van der Waals surface area contributed by atoms with Crippen molar-refractivity contribution in [1.29, 1.82) is 0 Å². The van der Waals surface area contributed by atoms with Gasteiger partial charge in [0.1, 0.15) is 11.4 Å². The maximum atomic E-state index is 13.3. The van der Waals surface area contributed by atoms with Crippen molar-refractivity contribution < 1.29 is 9.59 Å². The quantitative estimate of drug-likeness (QED) is 0.458. The number of Topliss-reactive ketones (excluding diaryl/α,β-unsaturated/α-hetero) is 2. The van der Waals surface area contributed by atoms with E-state index in [9.17, 15) is 9.59 Å². The van der Waals surface area contributed by atoms with E-state index in [1.165, 1.54) is 0 Å². The van der Waals surface area contributed by atoms with Crippen LogP contribution in [0.4, 0.5) is 0 Å². The van der Waals surface area contributed by atoms with Crippen LogP contribution in [-0.4, -0.2) is 37.7 Å². The number of hydrogen-bond donors (Lipinski definition) is 3. The second kappa shape index (κ2) is 9.71. The van der Waals surface area contributed by atoms with E-state index in [0.717, 1.165) is 36.8 Å². The van der Waals surface area contributed by atoms with Crippen molar-refractivity contribution in [3.8, 4) is 0 Å². The first-order chi connectivity index (χ1) is 13.1. The van der Waals surface area contributed by atoms with Crippen molar-refractivity contribution >= 4 is 17.1 Å². The largest absolute Gasteiger partial charge is 0.384 e. The van der Waals surface area contributed by atoms with Crippen LogP contribution >= 0.6 is 0 Å². The molecule has 1 aromatic rings. The van der Waals surface area contributed by atoms with Crippen LogP contribution < -0.4 is 16.0 Å². The molecule has 0 saturated carbocycles. The van der Waals surface area contributed by atoms with Crippen molar-refractivity contribution in [2.75, 3.05) is 21.1 Å². The zero-order valence-electron chi connectivity index (χ0n) is 16.5. The Labute approximate surface area is 160 Å². The van der Waals surface area contributed by atoms with Gasteiger partial charge in [-0.1, -0.05) is 31.9 Å². The van der Waals surface area contributed by atoms with Crippen molar-refractivity contribution in [1.82, 2.24) is 20.9 Å². The van der Waals surface area contributed by atoms with E-state index in [4.69, 9.17) is 0 Å². The summed E-state index contributed by atoms with van der Waals surface area (Å²) < 4.78 is 0. The molecular formula is C21H28N4O2. The zero-order chi connectivity index (χ0) is 19.8. The van der Waals surface area contributed by atoms with E-state index < -0.39 is 0 Å². The van der Waals surface area contributed by atoms with Gasteiger partial charge in [-0.15, -0.1) is 0 Å². The number of nitrogens with zero attached hydrogens (tertiary/aromatic N) is 1. The lowest BCUT2D eigenvalue weighted by atomic mass is 9.86. The molecule has 0 aromatic carbocycles. The van der Waals surface area contributed by atoms with E-state index in [0.29, 0.717) is 11.3 Å². The highest BCUT2D eigenvalue weighted by Crippen LogP contribution is 2.32. The minimum atomic E-state index is -0.234. The van der Waals surface area contributed by atoms with Gasteiger partial charge in [-0.2, -0.15) is 0 Å². The fourth-order valence-corrected chi connectivity index (χ4v) is 3.20. The molecule has 0 spiro atoms. The van der Waals surface area contributed by atoms with Gasteiger partial charge in [-0.25, -0.2) is 0 Å². The number of likely N-dealkylation sites (N-methyl/N-ethyl adjacent to an activating group) is 3. The summed E-state index contributed by atoms with van der Waals surface area (Å²) in [6, 6.07) is 3.74. The standard InChI is InChI=1S/C21H28N4O2/c1-5-6-7-8-11-15(14-10-9-12-25-13-14)16-17(22-2)21(27)19(24-4)18(23-3)20(16)26/h9-13,22-24H,5-8H2,1-4H3. The van der Waals surface area contributed by atoms with Gasteiger partial charge in [-0.3, -0.25) is 14.6 Å². The smallest absolute Gasteiger partial charge is 0.227 e. The van der Waals surface area contributed by atoms with Crippen LogP contribution in [0.2, 0.25) is 0 Å². The molecule has 0 saturated heterocycles. The van der Waals surface area contributed by atoms with E-state index in [1.54, 1.807) is 33.5 Å². The summed E-state index contributed by atoms with van der Waals surface area (Å²) >= 11 is 0. The van der Waals surface area contributed by atoms with Crippen molar-refractivity contribution in [2.24, 2.45) is 0 Å². The summed E-state index contributed by atoms with van der Waals surface area (Å²) in [5, 5.41) is 8.67. The number of aromatic nitrogens is 1. The predicted octanol–water partition coefficient (Wildman–Crippen LogP) is 2.32. The Balaban J connectivity index is 2.61. The number of unbranched alkanes of at least 4 members (excludes halogenated alkanes) is 3. The average molecular weight is 368 g/mol. The summed E-state index contributed by atoms with van der Waals surface area (Å²) in [6.07, 6.45) is 9.56. The van der Waals surface area contributed by atoms with E-state index in [1.807, 2.05) is 18.2 Å². The van der Waals surface area contributed by atoms with Gasteiger partial charge >= 0.3 is 0 Å². The number of hydrogen-bond acceptors (Lipinski definition) is 6. The third-order valence-corrected chi connectivity index (χ3v) is 4.56. The minimum Gasteiger partial charge on any atom is -0.384 e. The average Bonchev–Trinajstić information content (AvgIpc) is 2.70. The molecule has 0 bridgehead atoms. The molecule has 0 radical (unpaired) electrons. The number of nitrogens with one attached hydrogen (secondary N) is 3. The molecule has 1 heterocycles. The molecule has 0 unspecified atom stereocenters. The number of pyridine rings is 1. The molecule has 1 aliphatic rings. The molecule has 1 aromatic heterocycles. The maximum Gasteiger partial charge on any atom is 0.227 e. The van der Waals surface area contributed by atoms with Crippen molar-refractivity contribution in [3.63, 3.8) is 0 Å². The predicted molar refractivity (Wildman–Crippen MR) is 108 cm³/mol. The SMILES string of the molecule is CCCCCC=C(C1=C(NC)C(=O)C(NC)=C(NC)C1=O)c1cccnc1. The first-order valence-corrected chi connectivity index (χ1v) is 9.32. The van der Waals surface area contributed by atoms with Gasteiger partial charge in [0.25, 0.3) is 0 Å². The Morgan fingerprint density at radius 3 is 2.22 bits per heavy atom. The lowest BCUT2D eigenvalue weighted by molar-refractivity contribution is -0.117. The minimum absolute atomic E-state index is 0.212. The zero-order valence-corrected chi connectivity index (χ0v) is 16.5.